The van der Waals surface area contributed by atoms with Crippen LogP contribution in [0.15, 0.2) is 61.2 Å². The fourth-order valence-corrected chi connectivity index (χ4v) is 2.97. The summed E-state index contributed by atoms with van der Waals surface area (Å²) in [4.78, 5) is 16.6. The van der Waals surface area contributed by atoms with Crippen LogP contribution in [-0.4, -0.2) is 29.2 Å². The second-order valence-corrected chi connectivity index (χ2v) is 7.63. The van der Waals surface area contributed by atoms with Gasteiger partial charge in [-0.1, -0.05) is 38.1 Å². The molecule has 0 spiro atoms. The molecule has 0 saturated carbocycles. The van der Waals surface area contributed by atoms with Crippen molar-refractivity contribution in [3.05, 3.63) is 77.9 Å². The van der Waals surface area contributed by atoms with Crippen LogP contribution in [0.5, 0.6) is 11.5 Å². The second kappa shape index (κ2) is 10.5. The van der Waals surface area contributed by atoms with Gasteiger partial charge in [0, 0.05) is 31.0 Å². The van der Waals surface area contributed by atoms with Crippen molar-refractivity contribution in [3.8, 4) is 11.5 Å². The number of nitrogens with zero attached hydrogens (tertiary/aromatic N) is 2. The van der Waals surface area contributed by atoms with Crippen LogP contribution < -0.4 is 14.8 Å². The van der Waals surface area contributed by atoms with Crippen LogP contribution in [0.25, 0.3) is 0 Å². The van der Waals surface area contributed by atoms with Crippen molar-refractivity contribution in [1.29, 1.82) is 0 Å². The summed E-state index contributed by atoms with van der Waals surface area (Å²) in [6.45, 7) is 6.16. The summed E-state index contributed by atoms with van der Waals surface area (Å²) in [5.74, 6) is 1.64. The molecule has 0 aliphatic carbocycles. The number of benzene rings is 2. The van der Waals surface area contributed by atoms with E-state index in [1.54, 1.807) is 37.8 Å². The molecule has 0 atom stereocenters. The molecule has 30 heavy (non-hydrogen) atoms. The molecular weight excluding hydrogens is 378 g/mol. The number of hydrogen-bond acceptors (Lipinski definition) is 4. The maximum Gasteiger partial charge on any atom is 0.251 e. The van der Waals surface area contributed by atoms with Crippen LogP contribution in [0, 0.1) is 5.92 Å². The van der Waals surface area contributed by atoms with Crippen LogP contribution in [-0.2, 0) is 13.1 Å². The highest BCUT2D eigenvalue weighted by atomic mass is 16.5. The SMILES string of the molecule is COc1cc(C(=O)NCc2ccc(Cn3ccnc3)cc2)ccc1OCCC(C)C. The second-order valence-electron chi connectivity index (χ2n) is 7.63. The molecule has 2 aromatic carbocycles. The normalized spacial score (nSPS) is 10.8. The van der Waals surface area contributed by atoms with Gasteiger partial charge in [0.1, 0.15) is 0 Å². The predicted molar refractivity (Wildman–Crippen MR) is 117 cm³/mol. The standard InChI is InChI=1S/C24H29N3O3/c1-18(2)10-13-30-22-9-8-21(14-23(22)29-3)24(28)26-15-19-4-6-20(7-5-19)16-27-12-11-25-17-27/h4-9,11-12,14,17-18H,10,13,15-16H2,1-3H3,(H,26,28). The van der Waals surface area contributed by atoms with E-state index in [1.807, 2.05) is 22.9 Å². The van der Waals surface area contributed by atoms with Crippen LogP contribution in [0.3, 0.4) is 0 Å². The number of nitrogens with one attached hydrogen (secondary N) is 1. The number of carbonyl (C=O) groups is 1. The molecule has 0 radical (unpaired) electrons. The quantitative estimate of drug-likeness (QED) is 0.544. The van der Waals surface area contributed by atoms with E-state index in [2.05, 4.69) is 36.3 Å². The summed E-state index contributed by atoms with van der Waals surface area (Å²) in [6, 6.07) is 13.4. The largest absolute Gasteiger partial charge is 0.493 e. The van der Waals surface area contributed by atoms with Crippen molar-refractivity contribution in [2.75, 3.05) is 13.7 Å². The third-order valence-corrected chi connectivity index (χ3v) is 4.78. The average Bonchev–Trinajstić information content (AvgIpc) is 3.26. The van der Waals surface area contributed by atoms with Gasteiger partial charge in [-0.2, -0.15) is 0 Å². The molecule has 6 heteroatoms. The van der Waals surface area contributed by atoms with E-state index in [0.717, 1.165) is 18.5 Å². The molecule has 0 unspecified atom stereocenters. The Morgan fingerprint density at radius 1 is 1.10 bits per heavy atom. The monoisotopic (exact) mass is 407 g/mol. The summed E-state index contributed by atoms with van der Waals surface area (Å²) in [6.07, 6.45) is 6.46. The Morgan fingerprint density at radius 3 is 2.53 bits per heavy atom. The minimum atomic E-state index is -0.149. The maximum absolute atomic E-state index is 12.6. The maximum atomic E-state index is 12.6. The van der Waals surface area contributed by atoms with Gasteiger partial charge < -0.3 is 19.4 Å². The molecule has 0 aliphatic rings. The topological polar surface area (TPSA) is 65.4 Å². The number of imidazole rings is 1. The molecule has 0 fully saturated rings. The Bertz CT molecular complexity index is 935. The summed E-state index contributed by atoms with van der Waals surface area (Å²) in [7, 11) is 1.58. The number of amides is 1. The number of ether oxygens (including phenoxy) is 2. The van der Waals surface area contributed by atoms with Crippen LogP contribution >= 0.6 is 0 Å². The van der Waals surface area contributed by atoms with E-state index in [4.69, 9.17) is 9.47 Å². The third-order valence-electron chi connectivity index (χ3n) is 4.78. The minimum absolute atomic E-state index is 0.149. The predicted octanol–water partition coefficient (Wildman–Crippen LogP) is 4.29. The lowest BCUT2D eigenvalue weighted by atomic mass is 10.1. The summed E-state index contributed by atoms with van der Waals surface area (Å²) in [5.41, 5.74) is 2.76. The van der Waals surface area contributed by atoms with Gasteiger partial charge in [0.15, 0.2) is 11.5 Å². The van der Waals surface area contributed by atoms with Crippen LogP contribution in [0.1, 0.15) is 41.8 Å². The molecule has 0 bridgehead atoms. The van der Waals surface area contributed by atoms with Gasteiger partial charge in [0.25, 0.3) is 5.91 Å². The van der Waals surface area contributed by atoms with Crippen molar-refractivity contribution in [2.24, 2.45) is 5.92 Å². The number of hydrogen-bond donors (Lipinski definition) is 1. The fourth-order valence-electron chi connectivity index (χ4n) is 2.97. The summed E-state index contributed by atoms with van der Waals surface area (Å²) < 4.78 is 13.2. The van der Waals surface area contributed by atoms with Gasteiger partial charge in [-0.15, -0.1) is 0 Å². The first-order valence-electron chi connectivity index (χ1n) is 10.2. The number of methoxy groups -OCH3 is 1. The Kier molecular flexibility index (Phi) is 7.49. The zero-order valence-electron chi connectivity index (χ0n) is 17.8. The van der Waals surface area contributed by atoms with Crippen molar-refractivity contribution >= 4 is 5.91 Å². The third kappa shape index (κ3) is 6.11. The Labute approximate surface area is 177 Å². The van der Waals surface area contributed by atoms with E-state index in [1.165, 1.54) is 5.56 Å². The van der Waals surface area contributed by atoms with E-state index in [-0.39, 0.29) is 5.91 Å². The molecule has 1 aromatic heterocycles. The highest BCUT2D eigenvalue weighted by Gasteiger charge is 2.11. The van der Waals surface area contributed by atoms with Gasteiger partial charge in [0.2, 0.25) is 0 Å². The van der Waals surface area contributed by atoms with Crippen LogP contribution in [0.2, 0.25) is 0 Å². The van der Waals surface area contributed by atoms with Crippen molar-refractivity contribution < 1.29 is 14.3 Å². The van der Waals surface area contributed by atoms with Crippen LogP contribution in [0.4, 0.5) is 0 Å². The smallest absolute Gasteiger partial charge is 0.251 e. The lowest BCUT2D eigenvalue weighted by Gasteiger charge is -2.13. The van der Waals surface area contributed by atoms with E-state index in [9.17, 15) is 4.79 Å². The molecule has 0 aliphatic heterocycles. The molecule has 6 nitrogen and oxygen atoms in total. The van der Waals surface area contributed by atoms with Gasteiger partial charge >= 0.3 is 0 Å². The molecular formula is C24H29N3O3. The fraction of sp³-hybridized carbons (Fsp3) is 0.333. The van der Waals surface area contributed by atoms with Crippen molar-refractivity contribution in [1.82, 2.24) is 14.9 Å². The zero-order chi connectivity index (χ0) is 21.3. The number of rotatable bonds is 10. The first kappa shape index (κ1) is 21.4. The van der Waals surface area contributed by atoms with E-state index >= 15 is 0 Å². The molecule has 1 amide bonds. The van der Waals surface area contributed by atoms with Gasteiger partial charge in [0.05, 0.1) is 20.0 Å². The highest BCUT2D eigenvalue weighted by Crippen LogP contribution is 2.28. The van der Waals surface area contributed by atoms with Gasteiger partial charge in [-0.25, -0.2) is 4.98 Å². The summed E-state index contributed by atoms with van der Waals surface area (Å²) in [5, 5.41) is 2.96. The van der Waals surface area contributed by atoms with Gasteiger partial charge in [-0.3, -0.25) is 4.79 Å². The van der Waals surface area contributed by atoms with E-state index in [0.29, 0.717) is 36.1 Å². The summed E-state index contributed by atoms with van der Waals surface area (Å²) >= 11 is 0. The Morgan fingerprint density at radius 2 is 1.87 bits per heavy atom. The average molecular weight is 408 g/mol. The highest BCUT2D eigenvalue weighted by molar-refractivity contribution is 5.94. The molecule has 0 saturated heterocycles. The molecule has 3 aromatic rings. The van der Waals surface area contributed by atoms with Gasteiger partial charge in [-0.05, 0) is 41.7 Å². The Balaban J connectivity index is 1.55. The Hall–Kier alpha value is -3.28. The lowest BCUT2D eigenvalue weighted by Crippen LogP contribution is -2.22. The van der Waals surface area contributed by atoms with E-state index < -0.39 is 0 Å². The number of aromatic nitrogens is 2. The first-order chi connectivity index (χ1) is 14.5. The van der Waals surface area contributed by atoms with Crippen molar-refractivity contribution in [2.45, 2.75) is 33.4 Å². The molecule has 1 N–H and O–H groups in total. The minimum Gasteiger partial charge on any atom is -0.493 e. The van der Waals surface area contributed by atoms with Crippen molar-refractivity contribution in [3.63, 3.8) is 0 Å². The molecule has 3 rings (SSSR count). The number of carbonyl (C=O) groups excluding carboxylic acids is 1. The molecule has 158 valence electrons. The zero-order valence-corrected chi connectivity index (χ0v) is 17.8. The molecule has 1 heterocycles. The first-order valence-corrected chi connectivity index (χ1v) is 10.2. The lowest BCUT2D eigenvalue weighted by molar-refractivity contribution is 0.0950.